The van der Waals surface area contributed by atoms with Crippen molar-refractivity contribution in [1.82, 2.24) is 0 Å². The summed E-state index contributed by atoms with van der Waals surface area (Å²) in [6.07, 6.45) is 1.99. The molecule has 1 aromatic carbocycles. The van der Waals surface area contributed by atoms with E-state index in [1.54, 1.807) is 0 Å². The fraction of sp³-hybridized carbons (Fsp3) is 0.533. The third-order valence-electron chi connectivity index (χ3n) is 4.36. The molecule has 106 valence electrons. The average Bonchev–Trinajstić information content (AvgIpc) is 3.02. The molecule has 0 atom stereocenters. The van der Waals surface area contributed by atoms with Crippen molar-refractivity contribution in [3.63, 3.8) is 0 Å². The fourth-order valence-corrected chi connectivity index (χ4v) is 5.15. The van der Waals surface area contributed by atoms with Gasteiger partial charge >= 0.3 is 114 Å². The quantitative estimate of drug-likeness (QED) is 0.844. The van der Waals surface area contributed by atoms with Gasteiger partial charge in [0.05, 0.1) is 0 Å². The van der Waals surface area contributed by atoms with Gasteiger partial charge in [-0.25, -0.2) is 0 Å². The Kier molecular flexibility index (Phi) is 3.47. The first-order valence-corrected chi connectivity index (χ1v) is 10.3. The standard InChI is InChI=1S/C15H23FNOP/c1-10-8-12(16)9-11(2)13(10)17-14(18)15(6-7-15)19(3,4)5/h8-9,19H,6-7H2,1-5H3,(H,17,18). The fourth-order valence-electron chi connectivity index (χ4n) is 2.78. The molecular weight excluding hydrogens is 260 g/mol. The summed E-state index contributed by atoms with van der Waals surface area (Å²) in [5.74, 6) is -0.121. The molecule has 2 nitrogen and oxygen atoms in total. The maximum absolute atomic E-state index is 13.3. The molecule has 1 N–H and O–H groups in total. The first kappa shape index (κ1) is 14.5. The number of carbonyl (C=O) groups is 1. The van der Waals surface area contributed by atoms with Crippen LogP contribution in [0.4, 0.5) is 10.1 Å². The van der Waals surface area contributed by atoms with Crippen molar-refractivity contribution in [3.05, 3.63) is 29.1 Å². The van der Waals surface area contributed by atoms with Gasteiger partial charge in [0.25, 0.3) is 0 Å². The van der Waals surface area contributed by atoms with Crippen LogP contribution in [0.15, 0.2) is 12.1 Å². The molecule has 1 aromatic rings. The van der Waals surface area contributed by atoms with Crippen molar-refractivity contribution in [2.45, 2.75) is 31.8 Å². The Balaban J connectivity index is 2.26. The Hall–Kier alpha value is -0.950. The Morgan fingerprint density at radius 3 is 2.05 bits per heavy atom. The number of amides is 1. The van der Waals surface area contributed by atoms with Gasteiger partial charge in [0.2, 0.25) is 0 Å². The van der Waals surface area contributed by atoms with Crippen LogP contribution < -0.4 is 5.32 Å². The molecule has 0 unspecified atom stereocenters. The van der Waals surface area contributed by atoms with E-state index < -0.39 is 7.26 Å². The van der Waals surface area contributed by atoms with Crippen molar-refractivity contribution in [2.75, 3.05) is 25.3 Å². The molecule has 1 aliphatic carbocycles. The van der Waals surface area contributed by atoms with Crippen LogP contribution in [0.1, 0.15) is 24.0 Å². The minimum absolute atomic E-state index is 0.125. The van der Waals surface area contributed by atoms with Gasteiger partial charge in [-0.05, 0) is 0 Å². The van der Waals surface area contributed by atoms with Gasteiger partial charge in [-0.15, -0.1) is 0 Å². The number of rotatable bonds is 3. The van der Waals surface area contributed by atoms with Crippen LogP contribution in [0.25, 0.3) is 0 Å². The molecule has 1 fully saturated rings. The number of anilines is 1. The van der Waals surface area contributed by atoms with Crippen LogP contribution in [-0.4, -0.2) is 31.1 Å². The van der Waals surface area contributed by atoms with E-state index in [1.165, 1.54) is 12.1 Å². The number of hydrogen-bond acceptors (Lipinski definition) is 1. The third-order valence-corrected chi connectivity index (χ3v) is 7.95. The molecule has 0 spiro atoms. The van der Waals surface area contributed by atoms with E-state index in [1.807, 2.05) is 13.8 Å². The summed E-state index contributed by atoms with van der Waals surface area (Å²) < 4.78 is 13.3. The van der Waals surface area contributed by atoms with Crippen LogP contribution in [0, 0.1) is 19.7 Å². The number of benzene rings is 1. The molecule has 0 saturated heterocycles. The van der Waals surface area contributed by atoms with Gasteiger partial charge in [-0.3, -0.25) is 0 Å². The van der Waals surface area contributed by atoms with Crippen molar-refractivity contribution >= 4 is 18.9 Å². The van der Waals surface area contributed by atoms with Crippen molar-refractivity contribution in [2.24, 2.45) is 0 Å². The summed E-state index contributed by atoms with van der Waals surface area (Å²) in [6, 6.07) is 2.94. The van der Waals surface area contributed by atoms with E-state index in [0.717, 1.165) is 29.7 Å². The average molecular weight is 283 g/mol. The maximum atomic E-state index is 13.3. The predicted molar refractivity (Wildman–Crippen MR) is 82.6 cm³/mol. The van der Waals surface area contributed by atoms with E-state index in [-0.39, 0.29) is 16.9 Å². The second-order valence-corrected chi connectivity index (χ2v) is 12.2. The summed E-state index contributed by atoms with van der Waals surface area (Å²) in [4.78, 5) is 12.6. The van der Waals surface area contributed by atoms with Gasteiger partial charge in [-0.1, -0.05) is 0 Å². The van der Waals surface area contributed by atoms with E-state index >= 15 is 0 Å². The van der Waals surface area contributed by atoms with E-state index in [9.17, 15) is 9.18 Å². The zero-order valence-corrected chi connectivity index (χ0v) is 13.4. The topological polar surface area (TPSA) is 29.1 Å². The Morgan fingerprint density at radius 1 is 1.21 bits per heavy atom. The van der Waals surface area contributed by atoms with Crippen LogP contribution in [0.5, 0.6) is 0 Å². The molecule has 0 aromatic heterocycles. The van der Waals surface area contributed by atoms with Crippen LogP contribution >= 0.6 is 7.26 Å². The molecule has 0 aliphatic heterocycles. The van der Waals surface area contributed by atoms with Gasteiger partial charge in [0.1, 0.15) is 0 Å². The number of hydrogen-bond donors (Lipinski definition) is 1. The summed E-state index contributed by atoms with van der Waals surface area (Å²) in [5, 5.41) is 2.92. The molecule has 19 heavy (non-hydrogen) atoms. The predicted octanol–water partition coefficient (Wildman–Crippen LogP) is 3.55. The van der Waals surface area contributed by atoms with E-state index in [2.05, 4.69) is 25.3 Å². The van der Waals surface area contributed by atoms with E-state index in [4.69, 9.17) is 0 Å². The van der Waals surface area contributed by atoms with Crippen molar-refractivity contribution in [3.8, 4) is 0 Å². The monoisotopic (exact) mass is 283 g/mol. The van der Waals surface area contributed by atoms with Gasteiger partial charge < -0.3 is 0 Å². The summed E-state index contributed by atoms with van der Waals surface area (Å²) in [7, 11) is -1.52. The molecule has 1 aliphatic rings. The van der Waals surface area contributed by atoms with Crippen molar-refractivity contribution in [1.29, 1.82) is 0 Å². The summed E-state index contributed by atoms with van der Waals surface area (Å²) in [6.45, 7) is 10.4. The molecule has 1 amide bonds. The Labute approximate surface area is 115 Å². The van der Waals surface area contributed by atoms with Crippen LogP contribution in [0.2, 0.25) is 0 Å². The van der Waals surface area contributed by atoms with E-state index in [0.29, 0.717) is 0 Å². The van der Waals surface area contributed by atoms with Crippen LogP contribution in [-0.2, 0) is 4.79 Å². The second kappa shape index (κ2) is 4.56. The summed E-state index contributed by atoms with van der Waals surface area (Å²) >= 11 is 0. The normalized spacial score (nSPS) is 18.0. The number of nitrogens with one attached hydrogen (secondary N) is 1. The molecule has 0 radical (unpaired) electrons. The first-order valence-electron chi connectivity index (χ1n) is 6.75. The molecule has 1 saturated carbocycles. The van der Waals surface area contributed by atoms with Crippen LogP contribution in [0.3, 0.4) is 0 Å². The third kappa shape index (κ3) is 2.53. The molecule has 0 heterocycles. The molecule has 4 heteroatoms. The number of aryl methyl sites for hydroxylation is 2. The second-order valence-electron chi connectivity index (χ2n) is 6.70. The SMILES string of the molecule is Cc1cc(F)cc(C)c1NC(=O)C1([PH](C)(C)C)CC1. The molecular formula is C15H23FNOP. The minimum atomic E-state index is -1.52. The number of carbonyl (C=O) groups excluding carboxylic acids is 1. The summed E-state index contributed by atoms with van der Waals surface area (Å²) in [5.41, 5.74) is 2.35. The molecule has 2 rings (SSSR count). The zero-order chi connectivity index (χ0) is 14.4. The van der Waals surface area contributed by atoms with Gasteiger partial charge in [0, 0.05) is 0 Å². The Morgan fingerprint density at radius 2 is 1.68 bits per heavy atom. The van der Waals surface area contributed by atoms with Crippen molar-refractivity contribution < 1.29 is 9.18 Å². The molecule has 0 bridgehead atoms. The van der Waals surface area contributed by atoms with Gasteiger partial charge in [-0.2, -0.15) is 0 Å². The Bertz CT molecular complexity index is 506. The number of halogens is 1. The van der Waals surface area contributed by atoms with Gasteiger partial charge in [0.15, 0.2) is 0 Å². The zero-order valence-electron chi connectivity index (χ0n) is 12.4. The first-order chi connectivity index (χ1) is 8.67.